The van der Waals surface area contributed by atoms with Gasteiger partial charge in [-0.15, -0.1) is 0 Å². The first-order valence-electron chi connectivity index (χ1n) is 8.01. The third-order valence-electron chi connectivity index (χ3n) is 3.75. The zero-order valence-corrected chi connectivity index (χ0v) is 13.8. The Hall–Kier alpha value is -1.62. The number of piperidine rings is 1. The van der Waals surface area contributed by atoms with Crippen molar-refractivity contribution in [1.29, 1.82) is 0 Å². The van der Waals surface area contributed by atoms with Crippen LogP contribution in [0.5, 0.6) is 0 Å². The molecule has 0 spiro atoms. The predicted molar refractivity (Wildman–Crippen MR) is 86.5 cm³/mol. The molecule has 1 aromatic heterocycles. The predicted octanol–water partition coefficient (Wildman–Crippen LogP) is 2.82. The van der Waals surface area contributed by atoms with Gasteiger partial charge in [-0.05, 0) is 64.8 Å². The van der Waals surface area contributed by atoms with E-state index in [1.807, 2.05) is 39.1 Å². The van der Waals surface area contributed by atoms with Crippen molar-refractivity contribution < 1.29 is 9.53 Å². The number of likely N-dealkylation sites (tertiary alicyclic amines) is 1. The Kier molecular flexibility index (Phi) is 5.77. The van der Waals surface area contributed by atoms with E-state index in [-0.39, 0.29) is 6.09 Å². The maximum absolute atomic E-state index is 11.7. The lowest BCUT2D eigenvalue weighted by atomic mass is 9.97. The lowest BCUT2D eigenvalue weighted by Gasteiger charge is -2.31. The number of nitrogens with one attached hydrogen (secondary N) is 1. The van der Waals surface area contributed by atoms with Gasteiger partial charge in [0.05, 0.1) is 5.69 Å². The average Bonchev–Trinajstić information content (AvgIpc) is 2.46. The molecular weight excluding hydrogens is 278 g/mol. The molecule has 5 heteroatoms. The molecule has 0 bridgehead atoms. The summed E-state index contributed by atoms with van der Waals surface area (Å²) in [6, 6.07) is 6.04. The Morgan fingerprint density at radius 2 is 2.09 bits per heavy atom. The van der Waals surface area contributed by atoms with Gasteiger partial charge in [-0.1, -0.05) is 6.07 Å². The molecule has 2 heterocycles. The molecule has 0 aliphatic carbocycles. The molecule has 1 fully saturated rings. The molecular formula is C17H27N3O2. The van der Waals surface area contributed by atoms with E-state index in [0.29, 0.717) is 12.5 Å². The Balaban J connectivity index is 1.66. The van der Waals surface area contributed by atoms with Gasteiger partial charge < -0.3 is 10.1 Å². The van der Waals surface area contributed by atoms with Crippen LogP contribution in [0.4, 0.5) is 4.79 Å². The normalized spacial score (nSPS) is 17.2. The van der Waals surface area contributed by atoms with Crippen LogP contribution in [0.1, 0.15) is 39.3 Å². The zero-order chi connectivity index (χ0) is 16.0. The van der Waals surface area contributed by atoms with Gasteiger partial charge in [0, 0.05) is 19.3 Å². The highest BCUT2D eigenvalue weighted by Gasteiger charge is 2.21. The zero-order valence-electron chi connectivity index (χ0n) is 13.8. The Bertz CT molecular complexity index is 463. The van der Waals surface area contributed by atoms with E-state index in [4.69, 9.17) is 4.74 Å². The van der Waals surface area contributed by atoms with Crippen molar-refractivity contribution in [1.82, 2.24) is 15.2 Å². The lowest BCUT2D eigenvalue weighted by molar-refractivity contribution is 0.0509. The van der Waals surface area contributed by atoms with Crippen molar-refractivity contribution in [3.05, 3.63) is 30.1 Å². The highest BCUT2D eigenvalue weighted by atomic mass is 16.6. The van der Waals surface area contributed by atoms with Crippen LogP contribution in [0.2, 0.25) is 0 Å². The van der Waals surface area contributed by atoms with E-state index in [0.717, 1.165) is 38.2 Å². The van der Waals surface area contributed by atoms with E-state index in [1.54, 1.807) is 0 Å². The molecule has 0 atom stereocenters. The smallest absolute Gasteiger partial charge is 0.407 e. The maximum atomic E-state index is 11.7. The van der Waals surface area contributed by atoms with Crippen molar-refractivity contribution in [2.24, 2.45) is 5.92 Å². The van der Waals surface area contributed by atoms with E-state index in [1.165, 1.54) is 0 Å². The summed E-state index contributed by atoms with van der Waals surface area (Å²) in [6.07, 6.45) is 3.72. The number of hydrogen-bond donors (Lipinski definition) is 1. The van der Waals surface area contributed by atoms with Crippen LogP contribution < -0.4 is 5.32 Å². The molecule has 0 aromatic carbocycles. The van der Waals surface area contributed by atoms with Crippen LogP contribution in [0.25, 0.3) is 0 Å². The van der Waals surface area contributed by atoms with Crippen LogP contribution in [-0.4, -0.2) is 41.2 Å². The van der Waals surface area contributed by atoms with Crippen LogP contribution in [-0.2, 0) is 11.3 Å². The van der Waals surface area contributed by atoms with E-state index < -0.39 is 5.60 Å². The van der Waals surface area contributed by atoms with Gasteiger partial charge in [0.25, 0.3) is 0 Å². The number of hydrogen-bond acceptors (Lipinski definition) is 4. The Morgan fingerprint density at radius 1 is 1.36 bits per heavy atom. The quantitative estimate of drug-likeness (QED) is 0.929. The first-order valence-corrected chi connectivity index (χ1v) is 8.01. The summed E-state index contributed by atoms with van der Waals surface area (Å²) in [5.41, 5.74) is 0.684. The second-order valence-electron chi connectivity index (χ2n) is 6.92. The number of ether oxygens (including phenoxy) is 1. The molecule has 1 aromatic rings. The second-order valence-corrected chi connectivity index (χ2v) is 6.92. The summed E-state index contributed by atoms with van der Waals surface area (Å²) in [5.74, 6) is 0.535. The molecule has 0 saturated carbocycles. The summed E-state index contributed by atoms with van der Waals surface area (Å²) < 4.78 is 5.26. The van der Waals surface area contributed by atoms with Crippen molar-refractivity contribution in [2.75, 3.05) is 19.6 Å². The summed E-state index contributed by atoms with van der Waals surface area (Å²) in [4.78, 5) is 18.4. The Labute approximate surface area is 133 Å². The van der Waals surface area contributed by atoms with Gasteiger partial charge in [-0.2, -0.15) is 0 Å². The topological polar surface area (TPSA) is 54.5 Å². The minimum absolute atomic E-state index is 0.316. The van der Waals surface area contributed by atoms with E-state index in [9.17, 15) is 4.79 Å². The molecule has 22 heavy (non-hydrogen) atoms. The number of carbonyl (C=O) groups excluding carboxylic acids is 1. The van der Waals surface area contributed by atoms with Crippen molar-refractivity contribution in [3.63, 3.8) is 0 Å². The molecule has 0 unspecified atom stereocenters. The van der Waals surface area contributed by atoms with E-state index >= 15 is 0 Å². The number of nitrogens with zero attached hydrogens (tertiary/aromatic N) is 2. The number of pyridine rings is 1. The average molecular weight is 305 g/mol. The van der Waals surface area contributed by atoms with Gasteiger partial charge in [0.1, 0.15) is 5.60 Å². The van der Waals surface area contributed by atoms with Crippen molar-refractivity contribution >= 4 is 6.09 Å². The number of amides is 1. The number of alkyl carbamates (subject to hydrolysis) is 1. The number of carbonyl (C=O) groups is 1. The largest absolute Gasteiger partial charge is 0.444 e. The second kappa shape index (κ2) is 7.58. The van der Waals surface area contributed by atoms with E-state index in [2.05, 4.69) is 21.3 Å². The summed E-state index contributed by atoms with van der Waals surface area (Å²) >= 11 is 0. The SMILES string of the molecule is CC(C)(C)OC(=O)NCC1CCN(Cc2ccccn2)CC1. The van der Waals surface area contributed by atoms with Crippen LogP contribution in [0, 0.1) is 5.92 Å². The molecule has 1 N–H and O–H groups in total. The Morgan fingerprint density at radius 3 is 2.68 bits per heavy atom. The van der Waals surface area contributed by atoms with Crippen molar-refractivity contribution in [2.45, 2.75) is 45.8 Å². The number of aromatic nitrogens is 1. The molecule has 0 radical (unpaired) electrons. The summed E-state index contributed by atoms with van der Waals surface area (Å²) in [6.45, 7) is 9.35. The minimum atomic E-state index is -0.434. The van der Waals surface area contributed by atoms with Crippen LogP contribution >= 0.6 is 0 Å². The number of rotatable bonds is 4. The molecule has 1 aliphatic rings. The third-order valence-corrected chi connectivity index (χ3v) is 3.75. The fourth-order valence-corrected chi connectivity index (χ4v) is 2.61. The monoisotopic (exact) mass is 305 g/mol. The van der Waals surface area contributed by atoms with Crippen LogP contribution in [0.15, 0.2) is 24.4 Å². The molecule has 1 saturated heterocycles. The maximum Gasteiger partial charge on any atom is 0.407 e. The molecule has 5 nitrogen and oxygen atoms in total. The fraction of sp³-hybridized carbons (Fsp3) is 0.647. The highest BCUT2D eigenvalue weighted by molar-refractivity contribution is 5.67. The molecule has 122 valence electrons. The first-order chi connectivity index (χ1) is 10.4. The first kappa shape index (κ1) is 16.7. The summed E-state index contributed by atoms with van der Waals surface area (Å²) in [7, 11) is 0. The lowest BCUT2D eigenvalue weighted by Crippen LogP contribution is -2.40. The van der Waals surface area contributed by atoms with Gasteiger partial charge >= 0.3 is 6.09 Å². The van der Waals surface area contributed by atoms with Gasteiger partial charge in [-0.3, -0.25) is 9.88 Å². The third kappa shape index (κ3) is 6.02. The van der Waals surface area contributed by atoms with Crippen molar-refractivity contribution in [3.8, 4) is 0 Å². The standard InChI is InChI=1S/C17H27N3O2/c1-17(2,3)22-16(21)19-12-14-7-10-20(11-8-14)13-15-6-4-5-9-18-15/h4-6,9,14H,7-8,10-13H2,1-3H3,(H,19,21). The highest BCUT2D eigenvalue weighted by Crippen LogP contribution is 2.18. The van der Waals surface area contributed by atoms with Gasteiger partial charge in [0.15, 0.2) is 0 Å². The van der Waals surface area contributed by atoms with Crippen LogP contribution in [0.3, 0.4) is 0 Å². The molecule has 1 amide bonds. The van der Waals surface area contributed by atoms with Gasteiger partial charge in [0.2, 0.25) is 0 Å². The molecule has 1 aliphatic heterocycles. The van der Waals surface area contributed by atoms with Gasteiger partial charge in [-0.25, -0.2) is 4.79 Å². The summed E-state index contributed by atoms with van der Waals surface area (Å²) in [5, 5.41) is 2.88. The minimum Gasteiger partial charge on any atom is -0.444 e. The fourth-order valence-electron chi connectivity index (χ4n) is 2.61. The molecule has 2 rings (SSSR count).